The van der Waals surface area contributed by atoms with E-state index in [0.717, 1.165) is 31.5 Å². The Labute approximate surface area is 167 Å². The molecule has 0 aromatic heterocycles. The van der Waals surface area contributed by atoms with Crippen molar-refractivity contribution >= 4 is 16.0 Å². The van der Waals surface area contributed by atoms with Gasteiger partial charge in [0.2, 0.25) is 10.0 Å². The lowest BCUT2D eigenvalue weighted by atomic mass is 9.86. The third-order valence-corrected chi connectivity index (χ3v) is 7.10. The highest BCUT2D eigenvalue weighted by molar-refractivity contribution is 7.89. The van der Waals surface area contributed by atoms with Gasteiger partial charge < -0.3 is 5.11 Å². The van der Waals surface area contributed by atoms with Gasteiger partial charge in [-0.05, 0) is 37.8 Å². The van der Waals surface area contributed by atoms with Crippen LogP contribution in [-0.4, -0.2) is 66.8 Å². The Bertz CT molecular complexity index is 831. The van der Waals surface area contributed by atoms with Crippen molar-refractivity contribution in [1.29, 1.82) is 0 Å². The van der Waals surface area contributed by atoms with Crippen LogP contribution in [-0.2, 0) is 21.4 Å². The monoisotopic (exact) mass is 440 g/mol. The van der Waals surface area contributed by atoms with Gasteiger partial charge in [0.25, 0.3) is 0 Å². The van der Waals surface area contributed by atoms with Gasteiger partial charge in [-0.15, -0.1) is 0 Å². The van der Waals surface area contributed by atoms with E-state index in [1.54, 1.807) is 17.3 Å². The van der Waals surface area contributed by atoms with Crippen LogP contribution in [0.1, 0.15) is 25.3 Å². The predicted octanol–water partition coefficient (Wildman–Crippen LogP) is 2.71. The first-order valence-electron chi connectivity index (χ1n) is 9.12. The Morgan fingerprint density at radius 3 is 2.31 bits per heavy atom. The Balaban J connectivity index is 0.000000370. The first-order valence-corrected chi connectivity index (χ1v) is 10.7. The Hall–Kier alpha value is -1.72. The molecule has 3 rings (SSSR count). The van der Waals surface area contributed by atoms with Crippen LogP contribution in [0.4, 0.5) is 17.6 Å². The number of aliphatic carboxylic acids is 1. The van der Waals surface area contributed by atoms with Crippen molar-refractivity contribution in [3.63, 3.8) is 0 Å². The van der Waals surface area contributed by atoms with E-state index in [0.29, 0.717) is 19.6 Å². The molecular weight excluding hydrogens is 416 g/mol. The van der Waals surface area contributed by atoms with E-state index >= 15 is 0 Å². The van der Waals surface area contributed by atoms with Gasteiger partial charge in [-0.2, -0.15) is 13.2 Å². The van der Waals surface area contributed by atoms with Crippen LogP contribution in [0.2, 0.25) is 0 Å². The minimum Gasteiger partial charge on any atom is -0.475 e. The van der Waals surface area contributed by atoms with Crippen LogP contribution in [0, 0.1) is 11.2 Å². The van der Waals surface area contributed by atoms with Gasteiger partial charge in [0.05, 0.1) is 5.75 Å². The number of likely N-dealkylation sites (tertiary alicyclic amines) is 1. The van der Waals surface area contributed by atoms with Crippen LogP contribution in [0.3, 0.4) is 0 Å². The molecule has 164 valence electrons. The molecule has 2 saturated heterocycles. The second-order valence-electron chi connectivity index (χ2n) is 7.34. The van der Waals surface area contributed by atoms with Gasteiger partial charge in [-0.1, -0.05) is 18.2 Å². The highest BCUT2D eigenvalue weighted by Gasteiger charge is 2.46. The zero-order valence-electron chi connectivity index (χ0n) is 16.0. The lowest BCUT2D eigenvalue weighted by Crippen LogP contribution is -2.34. The lowest BCUT2D eigenvalue weighted by Gasteiger charge is -2.24. The van der Waals surface area contributed by atoms with Gasteiger partial charge in [0, 0.05) is 31.7 Å². The molecule has 2 heterocycles. The van der Waals surface area contributed by atoms with Crippen molar-refractivity contribution in [2.45, 2.75) is 32.5 Å². The maximum absolute atomic E-state index is 13.8. The molecule has 1 unspecified atom stereocenters. The average Bonchev–Trinajstić information content (AvgIpc) is 3.24. The van der Waals surface area contributed by atoms with E-state index in [-0.39, 0.29) is 17.0 Å². The molecule has 6 nitrogen and oxygen atoms in total. The maximum atomic E-state index is 13.8. The number of halogens is 4. The molecular formula is C18H24F4N2O4S. The largest absolute Gasteiger partial charge is 0.490 e. The minimum absolute atomic E-state index is 0.0630. The molecule has 29 heavy (non-hydrogen) atoms. The van der Waals surface area contributed by atoms with Crippen molar-refractivity contribution in [2.75, 3.05) is 31.9 Å². The van der Waals surface area contributed by atoms with E-state index in [9.17, 15) is 26.0 Å². The summed E-state index contributed by atoms with van der Waals surface area (Å²) in [7, 11) is -3.09. The summed E-state index contributed by atoms with van der Waals surface area (Å²) in [6, 6.07) is 6.87. The fraction of sp³-hybridized carbons (Fsp3) is 0.611. The number of carbonyl (C=O) groups is 1. The molecule has 0 saturated carbocycles. The predicted molar refractivity (Wildman–Crippen MR) is 98.1 cm³/mol. The molecule has 2 fully saturated rings. The third kappa shape index (κ3) is 6.13. The SMILES string of the molecule is CCS(=O)(=O)N1CCC2(CCN(Cc3ccccc3F)C2)C1.O=C(O)C(F)(F)F. The summed E-state index contributed by atoms with van der Waals surface area (Å²) >= 11 is 0. The number of alkyl halides is 3. The van der Waals surface area contributed by atoms with E-state index < -0.39 is 22.2 Å². The van der Waals surface area contributed by atoms with E-state index in [1.807, 2.05) is 12.1 Å². The molecule has 1 aromatic carbocycles. The molecule has 11 heteroatoms. The van der Waals surface area contributed by atoms with Crippen LogP contribution in [0.5, 0.6) is 0 Å². The average molecular weight is 440 g/mol. The number of nitrogens with zero attached hydrogens (tertiary/aromatic N) is 2. The Morgan fingerprint density at radius 1 is 1.17 bits per heavy atom. The zero-order chi connectivity index (χ0) is 21.9. The molecule has 2 aliphatic rings. The van der Waals surface area contributed by atoms with E-state index in [2.05, 4.69) is 4.90 Å². The van der Waals surface area contributed by atoms with Gasteiger partial charge >= 0.3 is 12.1 Å². The van der Waals surface area contributed by atoms with Crippen LogP contribution in [0.25, 0.3) is 0 Å². The first-order chi connectivity index (χ1) is 13.4. The summed E-state index contributed by atoms with van der Waals surface area (Å²) in [5.41, 5.74) is 0.781. The number of sulfonamides is 1. The highest BCUT2D eigenvalue weighted by Crippen LogP contribution is 2.40. The second kappa shape index (κ2) is 8.97. The number of rotatable bonds is 4. The lowest BCUT2D eigenvalue weighted by molar-refractivity contribution is -0.192. The smallest absolute Gasteiger partial charge is 0.475 e. The molecule has 0 bridgehead atoms. The van der Waals surface area contributed by atoms with Crippen LogP contribution in [0.15, 0.2) is 24.3 Å². The number of hydrogen-bond acceptors (Lipinski definition) is 4. The fourth-order valence-electron chi connectivity index (χ4n) is 3.68. The topological polar surface area (TPSA) is 77.9 Å². The van der Waals surface area contributed by atoms with Crippen molar-refractivity contribution in [1.82, 2.24) is 9.21 Å². The van der Waals surface area contributed by atoms with Crippen LogP contribution < -0.4 is 0 Å². The fourth-order valence-corrected chi connectivity index (χ4v) is 4.88. The Kier molecular flexibility index (Phi) is 7.28. The van der Waals surface area contributed by atoms with Gasteiger partial charge in [-0.3, -0.25) is 4.90 Å². The third-order valence-electron chi connectivity index (χ3n) is 5.27. The summed E-state index contributed by atoms with van der Waals surface area (Å²) < 4.78 is 71.2. The summed E-state index contributed by atoms with van der Waals surface area (Å²) in [6.45, 7) is 5.32. The molecule has 1 atom stereocenters. The van der Waals surface area contributed by atoms with Gasteiger partial charge in [-0.25, -0.2) is 21.9 Å². The molecule has 2 aliphatic heterocycles. The van der Waals surface area contributed by atoms with Crippen molar-refractivity contribution in [3.05, 3.63) is 35.6 Å². The zero-order valence-corrected chi connectivity index (χ0v) is 16.8. The van der Waals surface area contributed by atoms with Crippen molar-refractivity contribution in [3.8, 4) is 0 Å². The second-order valence-corrected chi connectivity index (χ2v) is 9.60. The summed E-state index contributed by atoms with van der Waals surface area (Å²) in [4.78, 5) is 11.1. The summed E-state index contributed by atoms with van der Waals surface area (Å²) in [5.74, 6) is -2.75. The van der Waals surface area contributed by atoms with Crippen molar-refractivity contribution in [2.24, 2.45) is 5.41 Å². The molecule has 0 radical (unpaired) electrons. The molecule has 0 amide bonds. The van der Waals surface area contributed by atoms with Crippen LogP contribution >= 0.6 is 0 Å². The number of carboxylic acids is 1. The normalized spacial score (nSPS) is 23.2. The number of carboxylic acid groups (broad SMARTS) is 1. The standard InChI is InChI=1S/C16H23FN2O2S.C2HF3O2/c1-2-22(20,21)19-10-8-16(13-19)7-9-18(12-16)11-14-5-3-4-6-15(14)17;3-2(4,5)1(6)7/h3-6H,2,7-13H2,1H3;(H,6,7). The van der Waals surface area contributed by atoms with E-state index in [4.69, 9.17) is 9.90 Å². The van der Waals surface area contributed by atoms with Gasteiger partial charge in [0.1, 0.15) is 5.82 Å². The summed E-state index contributed by atoms with van der Waals surface area (Å²) in [6.07, 6.45) is -3.17. The first kappa shape index (κ1) is 23.6. The molecule has 1 aromatic rings. The van der Waals surface area contributed by atoms with E-state index in [1.165, 1.54) is 6.07 Å². The van der Waals surface area contributed by atoms with Crippen molar-refractivity contribution < 1.29 is 35.9 Å². The summed E-state index contributed by atoms with van der Waals surface area (Å²) in [5, 5.41) is 7.12. The molecule has 1 N–H and O–H groups in total. The minimum atomic E-state index is -5.08. The number of hydrogen-bond donors (Lipinski definition) is 1. The maximum Gasteiger partial charge on any atom is 0.490 e. The number of benzene rings is 1. The molecule has 1 spiro atoms. The molecule has 0 aliphatic carbocycles. The van der Waals surface area contributed by atoms with Gasteiger partial charge in [0.15, 0.2) is 0 Å². The Morgan fingerprint density at radius 2 is 1.76 bits per heavy atom. The highest BCUT2D eigenvalue weighted by atomic mass is 32.2. The quantitative estimate of drug-likeness (QED) is 0.729.